The van der Waals surface area contributed by atoms with Gasteiger partial charge in [-0.2, -0.15) is 5.26 Å². The number of nitrogens with zero attached hydrogens (tertiary/aromatic N) is 1. The molecule has 4 nitrogen and oxygen atoms in total. The molecule has 0 spiro atoms. The zero-order chi connectivity index (χ0) is 14.6. The molecule has 0 radical (unpaired) electrons. The highest BCUT2D eigenvalue weighted by atomic mass is 35.5. The number of nitrogens with one attached hydrogen (secondary N) is 2. The fraction of sp³-hybridized carbons (Fsp3) is 0.467. The summed E-state index contributed by atoms with van der Waals surface area (Å²) < 4.78 is 0. The maximum atomic E-state index is 12.6. The van der Waals surface area contributed by atoms with Gasteiger partial charge < -0.3 is 10.6 Å². The van der Waals surface area contributed by atoms with Crippen LogP contribution < -0.4 is 10.6 Å². The van der Waals surface area contributed by atoms with E-state index in [-0.39, 0.29) is 11.3 Å². The molecule has 1 saturated heterocycles. The van der Waals surface area contributed by atoms with E-state index in [0.717, 1.165) is 25.8 Å². The van der Waals surface area contributed by atoms with E-state index in [1.807, 2.05) is 13.0 Å². The Labute approximate surface area is 124 Å². The van der Waals surface area contributed by atoms with Crippen LogP contribution in [0.4, 0.5) is 5.69 Å². The third kappa shape index (κ3) is 2.95. The number of piperidine rings is 1. The highest BCUT2D eigenvalue weighted by molar-refractivity contribution is 6.33. The van der Waals surface area contributed by atoms with Gasteiger partial charge in [-0.3, -0.25) is 4.79 Å². The largest absolute Gasteiger partial charge is 0.324 e. The summed E-state index contributed by atoms with van der Waals surface area (Å²) in [4.78, 5) is 12.6. The van der Waals surface area contributed by atoms with Crippen LogP contribution >= 0.6 is 11.6 Å². The van der Waals surface area contributed by atoms with E-state index in [1.165, 1.54) is 0 Å². The van der Waals surface area contributed by atoms with E-state index >= 15 is 0 Å². The Morgan fingerprint density at radius 1 is 1.60 bits per heavy atom. The predicted molar refractivity (Wildman–Crippen MR) is 79.6 cm³/mol. The molecule has 2 rings (SSSR count). The lowest BCUT2D eigenvalue weighted by molar-refractivity contribution is -0.126. The average Bonchev–Trinajstić information content (AvgIpc) is 2.49. The number of hydrogen-bond donors (Lipinski definition) is 2. The van der Waals surface area contributed by atoms with Crippen molar-refractivity contribution in [2.75, 3.05) is 18.4 Å². The number of hydrogen-bond acceptors (Lipinski definition) is 3. The summed E-state index contributed by atoms with van der Waals surface area (Å²) in [6, 6.07) is 6.92. The lowest BCUT2D eigenvalue weighted by Gasteiger charge is -2.35. The van der Waals surface area contributed by atoms with Gasteiger partial charge in [-0.15, -0.1) is 0 Å². The molecule has 1 aliphatic heterocycles. The summed E-state index contributed by atoms with van der Waals surface area (Å²) in [6.07, 6.45) is 2.68. The fourth-order valence-electron chi connectivity index (χ4n) is 2.56. The normalized spacial score (nSPS) is 22.1. The van der Waals surface area contributed by atoms with Crippen molar-refractivity contribution in [1.29, 1.82) is 5.26 Å². The van der Waals surface area contributed by atoms with E-state index in [2.05, 4.69) is 10.6 Å². The van der Waals surface area contributed by atoms with Crippen molar-refractivity contribution in [2.45, 2.75) is 26.2 Å². The number of carbonyl (C=O) groups excluding carboxylic acids is 1. The monoisotopic (exact) mass is 291 g/mol. The third-order valence-electron chi connectivity index (χ3n) is 3.98. The first kappa shape index (κ1) is 14.8. The first-order valence-corrected chi connectivity index (χ1v) is 7.21. The number of carbonyl (C=O) groups is 1. The van der Waals surface area contributed by atoms with E-state index < -0.39 is 0 Å². The van der Waals surface area contributed by atoms with Gasteiger partial charge in [0.25, 0.3) is 0 Å². The molecule has 1 aromatic rings. The predicted octanol–water partition coefficient (Wildman–Crippen LogP) is 2.93. The molecule has 2 N–H and O–H groups in total. The van der Waals surface area contributed by atoms with Crippen LogP contribution in [0.2, 0.25) is 5.02 Å². The van der Waals surface area contributed by atoms with Crippen molar-refractivity contribution in [3.05, 3.63) is 28.8 Å². The molecule has 0 aromatic heterocycles. The van der Waals surface area contributed by atoms with Crippen molar-refractivity contribution in [3.63, 3.8) is 0 Å². The minimum Gasteiger partial charge on any atom is -0.324 e. The molecule has 0 saturated carbocycles. The summed E-state index contributed by atoms with van der Waals surface area (Å²) in [6.45, 7) is 3.70. The maximum absolute atomic E-state index is 12.6. The number of amides is 1. The van der Waals surface area contributed by atoms with Crippen molar-refractivity contribution in [1.82, 2.24) is 5.32 Å². The van der Waals surface area contributed by atoms with Gasteiger partial charge in [0.05, 0.1) is 27.8 Å². The summed E-state index contributed by atoms with van der Waals surface area (Å²) in [5.74, 6) is -0.00110. The lowest BCUT2D eigenvalue weighted by Crippen LogP contribution is -2.47. The Bertz CT molecular complexity index is 545. The molecular formula is C15H18ClN3O. The zero-order valence-corrected chi connectivity index (χ0v) is 12.3. The third-order valence-corrected chi connectivity index (χ3v) is 4.29. The summed E-state index contributed by atoms with van der Waals surface area (Å²) >= 11 is 6.10. The van der Waals surface area contributed by atoms with E-state index in [4.69, 9.17) is 16.9 Å². The minimum atomic E-state index is -0.366. The van der Waals surface area contributed by atoms with Crippen LogP contribution in [0.1, 0.15) is 31.7 Å². The van der Waals surface area contributed by atoms with E-state index in [1.54, 1.807) is 18.2 Å². The highest BCUT2D eigenvalue weighted by Gasteiger charge is 2.37. The first-order valence-electron chi connectivity index (χ1n) is 6.83. The Morgan fingerprint density at radius 3 is 2.95 bits per heavy atom. The van der Waals surface area contributed by atoms with Crippen molar-refractivity contribution < 1.29 is 4.79 Å². The molecule has 106 valence electrons. The Kier molecular flexibility index (Phi) is 4.64. The topological polar surface area (TPSA) is 64.9 Å². The van der Waals surface area contributed by atoms with Crippen LogP contribution in [0, 0.1) is 16.7 Å². The molecular weight excluding hydrogens is 274 g/mol. The lowest BCUT2D eigenvalue weighted by atomic mass is 9.77. The van der Waals surface area contributed by atoms with Crippen molar-refractivity contribution >= 4 is 23.2 Å². The van der Waals surface area contributed by atoms with Crippen LogP contribution in [-0.4, -0.2) is 19.0 Å². The van der Waals surface area contributed by atoms with E-state index in [0.29, 0.717) is 22.8 Å². The smallest absolute Gasteiger partial charge is 0.231 e. The quantitative estimate of drug-likeness (QED) is 0.900. The Morgan fingerprint density at radius 2 is 2.40 bits per heavy atom. The molecule has 1 aliphatic rings. The van der Waals surface area contributed by atoms with E-state index in [9.17, 15) is 4.79 Å². The molecule has 5 heteroatoms. The zero-order valence-electron chi connectivity index (χ0n) is 11.5. The number of halogens is 1. The second-order valence-electron chi connectivity index (χ2n) is 5.17. The molecule has 1 unspecified atom stereocenters. The second kappa shape index (κ2) is 6.25. The molecule has 1 heterocycles. The SMILES string of the molecule is CCC1(C(=O)Nc2ccc(C#N)cc2Cl)CCCNC1. The number of anilines is 1. The molecule has 0 bridgehead atoms. The second-order valence-corrected chi connectivity index (χ2v) is 5.58. The summed E-state index contributed by atoms with van der Waals surface area (Å²) in [5, 5.41) is 15.4. The first-order chi connectivity index (χ1) is 9.61. The van der Waals surface area contributed by atoms with Gasteiger partial charge in [-0.1, -0.05) is 18.5 Å². The number of benzene rings is 1. The van der Waals surface area contributed by atoms with Crippen LogP contribution in [0.3, 0.4) is 0 Å². The van der Waals surface area contributed by atoms with Crippen LogP contribution in [0.15, 0.2) is 18.2 Å². The standard InChI is InChI=1S/C15H18ClN3O/c1-2-15(6-3-7-18-10-15)14(20)19-13-5-4-11(9-17)8-12(13)16/h4-5,8,18H,2-3,6-7,10H2,1H3,(H,19,20). The van der Waals surface area contributed by atoms with Gasteiger partial charge in [0.2, 0.25) is 5.91 Å². The van der Waals surface area contributed by atoms with Gasteiger partial charge in [0.1, 0.15) is 0 Å². The van der Waals surface area contributed by atoms with Gasteiger partial charge in [-0.25, -0.2) is 0 Å². The maximum Gasteiger partial charge on any atom is 0.231 e. The minimum absolute atomic E-state index is 0.00110. The Balaban J connectivity index is 2.16. The van der Waals surface area contributed by atoms with Crippen LogP contribution in [0.5, 0.6) is 0 Å². The summed E-state index contributed by atoms with van der Waals surface area (Å²) in [7, 11) is 0. The summed E-state index contributed by atoms with van der Waals surface area (Å²) in [5.41, 5.74) is 0.682. The Hall–Kier alpha value is -1.57. The van der Waals surface area contributed by atoms with Gasteiger partial charge in [0, 0.05) is 6.54 Å². The molecule has 1 atom stereocenters. The number of rotatable bonds is 3. The molecule has 0 aliphatic carbocycles. The van der Waals surface area contributed by atoms with Crippen LogP contribution in [-0.2, 0) is 4.79 Å². The molecule has 1 fully saturated rings. The molecule has 20 heavy (non-hydrogen) atoms. The van der Waals surface area contributed by atoms with Gasteiger partial charge in [-0.05, 0) is 44.0 Å². The van der Waals surface area contributed by atoms with Crippen molar-refractivity contribution in [2.24, 2.45) is 5.41 Å². The average molecular weight is 292 g/mol. The molecule has 1 amide bonds. The van der Waals surface area contributed by atoms with Gasteiger partial charge >= 0.3 is 0 Å². The highest BCUT2D eigenvalue weighted by Crippen LogP contribution is 2.33. The van der Waals surface area contributed by atoms with Gasteiger partial charge in [0.15, 0.2) is 0 Å². The molecule has 1 aromatic carbocycles. The van der Waals surface area contributed by atoms with Crippen molar-refractivity contribution in [3.8, 4) is 6.07 Å². The van der Waals surface area contributed by atoms with Crippen LogP contribution in [0.25, 0.3) is 0 Å². The number of nitriles is 1. The fourth-order valence-corrected chi connectivity index (χ4v) is 2.79.